The van der Waals surface area contributed by atoms with Crippen LogP contribution in [0.4, 0.5) is 5.95 Å². The maximum Gasteiger partial charge on any atom is 0.328 e. The van der Waals surface area contributed by atoms with Gasteiger partial charge in [0.2, 0.25) is 5.95 Å². The molecule has 7 heteroatoms. The smallest absolute Gasteiger partial charge is 0.328 e. The molecule has 3 aromatic rings. The molecule has 0 spiro atoms. The van der Waals surface area contributed by atoms with Crippen LogP contribution in [-0.2, 0) is 19.9 Å². The molecule has 0 amide bonds. The second-order valence-corrected chi connectivity index (χ2v) is 7.53. The van der Waals surface area contributed by atoms with Gasteiger partial charge in [-0.05, 0) is 44.7 Å². The highest BCUT2D eigenvalue weighted by atomic mass is 16.2. The number of anilines is 1. The van der Waals surface area contributed by atoms with Crippen molar-refractivity contribution >= 4 is 16.9 Å². The first-order valence-electron chi connectivity index (χ1n) is 9.43. The van der Waals surface area contributed by atoms with E-state index in [0.717, 1.165) is 55.1 Å². The van der Waals surface area contributed by atoms with Gasteiger partial charge in [-0.25, -0.2) is 14.8 Å². The zero-order valence-electron chi connectivity index (χ0n) is 15.5. The first-order chi connectivity index (χ1) is 13.0. The lowest BCUT2D eigenvalue weighted by Crippen LogP contribution is -2.46. The highest BCUT2D eigenvalue weighted by Crippen LogP contribution is 2.34. The molecule has 0 unspecified atom stereocenters. The SMILES string of the molecule is C[C@H]1CCN1c1nc2c(c(-c3ccc4c(=O)[nH]c(=O)n(C)c4c3)n1)CCC2. The average Bonchev–Trinajstić information content (AvgIpc) is 3.12. The Morgan fingerprint density at radius 3 is 2.78 bits per heavy atom. The summed E-state index contributed by atoms with van der Waals surface area (Å²) in [4.78, 5) is 38.4. The molecule has 1 aliphatic heterocycles. The summed E-state index contributed by atoms with van der Waals surface area (Å²) in [7, 11) is 1.67. The summed E-state index contributed by atoms with van der Waals surface area (Å²) in [6, 6.07) is 6.06. The first-order valence-corrected chi connectivity index (χ1v) is 9.43. The minimum absolute atomic E-state index is 0.359. The van der Waals surface area contributed by atoms with E-state index in [9.17, 15) is 9.59 Å². The summed E-state index contributed by atoms with van der Waals surface area (Å²) in [5.74, 6) is 0.796. The quantitative estimate of drug-likeness (QED) is 0.750. The molecule has 1 N–H and O–H groups in total. The molecule has 2 aliphatic rings. The Bertz CT molecular complexity index is 1190. The lowest BCUT2D eigenvalue weighted by atomic mass is 10.0. The van der Waals surface area contributed by atoms with Crippen LogP contribution >= 0.6 is 0 Å². The molecule has 2 aromatic heterocycles. The normalized spacial score (nSPS) is 18.6. The number of aromatic amines is 1. The Morgan fingerprint density at radius 2 is 2.04 bits per heavy atom. The largest absolute Gasteiger partial charge is 0.338 e. The fraction of sp³-hybridized carbons (Fsp3) is 0.400. The molecule has 3 heterocycles. The molecule has 7 nitrogen and oxygen atoms in total. The van der Waals surface area contributed by atoms with Crippen molar-refractivity contribution in [1.82, 2.24) is 19.5 Å². The second kappa shape index (κ2) is 5.77. The van der Waals surface area contributed by atoms with Gasteiger partial charge in [-0.15, -0.1) is 0 Å². The second-order valence-electron chi connectivity index (χ2n) is 7.53. The average molecular weight is 363 g/mol. The number of H-pyrrole nitrogens is 1. The summed E-state index contributed by atoms with van der Waals surface area (Å²) in [5, 5.41) is 0.503. The summed E-state index contributed by atoms with van der Waals surface area (Å²) in [6.07, 6.45) is 4.19. The van der Waals surface area contributed by atoms with Gasteiger partial charge in [0.05, 0.1) is 16.6 Å². The van der Waals surface area contributed by atoms with Crippen molar-refractivity contribution < 1.29 is 0 Å². The predicted octanol–water partition coefficient (Wildman–Crippen LogP) is 1.77. The van der Waals surface area contributed by atoms with E-state index in [1.165, 1.54) is 10.1 Å². The fourth-order valence-corrected chi connectivity index (χ4v) is 4.11. The van der Waals surface area contributed by atoms with Gasteiger partial charge >= 0.3 is 5.69 Å². The molecule has 1 saturated heterocycles. The molecular weight excluding hydrogens is 342 g/mol. The van der Waals surface area contributed by atoms with E-state index in [1.54, 1.807) is 13.1 Å². The molecule has 5 rings (SSSR count). The van der Waals surface area contributed by atoms with E-state index in [2.05, 4.69) is 16.8 Å². The fourth-order valence-electron chi connectivity index (χ4n) is 4.11. The third kappa shape index (κ3) is 2.41. The summed E-state index contributed by atoms with van der Waals surface area (Å²) >= 11 is 0. The Morgan fingerprint density at radius 1 is 1.19 bits per heavy atom. The molecule has 27 heavy (non-hydrogen) atoms. The number of hydrogen-bond acceptors (Lipinski definition) is 5. The van der Waals surface area contributed by atoms with Crippen LogP contribution in [0.25, 0.3) is 22.2 Å². The van der Waals surface area contributed by atoms with E-state index in [4.69, 9.17) is 9.97 Å². The van der Waals surface area contributed by atoms with Crippen LogP contribution in [0.5, 0.6) is 0 Å². The van der Waals surface area contributed by atoms with Crippen LogP contribution in [0.2, 0.25) is 0 Å². The number of benzene rings is 1. The third-order valence-electron chi connectivity index (χ3n) is 5.90. The highest BCUT2D eigenvalue weighted by molar-refractivity contribution is 5.84. The van der Waals surface area contributed by atoms with Gasteiger partial charge < -0.3 is 4.90 Å². The molecule has 1 aliphatic carbocycles. The van der Waals surface area contributed by atoms with Gasteiger partial charge in [-0.3, -0.25) is 14.3 Å². The van der Waals surface area contributed by atoms with Crippen LogP contribution in [0, 0.1) is 0 Å². The van der Waals surface area contributed by atoms with Gasteiger partial charge in [0.15, 0.2) is 0 Å². The summed E-state index contributed by atoms with van der Waals surface area (Å²) in [5.41, 5.74) is 4.04. The lowest BCUT2D eigenvalue weighted by Gasteiger charge is -2.39. The Labute approximate surface area is 155 Å². The van der Waals surface area contributed by atoms with Crippen LogP contribution in [0.15, 0.2) is 27.8 Å². The van der Waals surface area contributed by atoms with Gasteiger partial charge in [-0.2, -0.15) is 0 Å². The number of hydrogen-bond donors (Lipinski definition) is 1. The third-order valence-corrected chi connectivity index (χ3v) is 5.90. The van der Waals surface area contributed by atoms with Crippen molar-refractivity contribution in [3.63, 3.8) is 0 Å². The van der Waals surface area contributed by atoms with Crippen molar-refractivity contribution in [2.75, 3.05) is 11.4 Å². The zero-order valence-corrected chi connectivity index (χ0v) is 15.5. The van der Waals surface area contributed by atoms with Gasteiger partial charge in [-0.1, -0.05) is 6.07 Å². The van der Waals surface area contributed by atoms with Crippen LogP contribution in [0.3, 0.4) is 0 Å². The van der Waals surface area contributed by atoms with Crippen molar-refractivity contribution in [2.24, 2.45) is 7.05 Å². The molecule has 0 saturated carbocycles. The Hall–Kier alpha value is -2.96. The monoisotopic (exact) mass is 363 g/mol. The van der Waals surface area contributed by atoms with Crippen LogP contribution in [-0.4, -0.2) is 32.1 Å². The number of aryl methyl sites for hydroxylation is 2. The number of rotatable bonds is 2. The summed E-state index contributed by atoms with van der Waals surface area (Å²) in [6.45, 7) is 3.18. The Balaban J connectivity index is 1.74. The number of nitrogens with one attached hydrogen (secondary N) is 1. The van der Waals surface area contributed by atoms with E-state index < -0.39 is 5.69 Å². The van der Waals surface area contributed by atoms with Gasteiger partial charge in [0, 0.05) is 36.5 Å². The van der Waals surface area contributed by atoms with Crippen LogP contribution in [0.1, 0.15) is 31.0 Å². The minimum Gasteiger partial charge on any atom is -0.338 e. The maximum atomic E-state index is 12.1. The van der Waals surface area contributed by atoms with Crippen molar-refractivity contribution in [3.05, 3.63) is 50.3 Å². The predicted molar refractivity (Wildman–Crippen MR) is 104 cm³/mol. The first kappa shape index (κ1) is 16.2. The van der Waals surface area contributed by atoms with Crippen molar-refractivity contribution in [1.29, 1.82) is 0 Å². The van der Waals surface area contributed by atoms with E-state index in [-0.39, 0.29) is 5.56 Å². The van der Waals surface area contributed by atoms with Gasteiger partial charge in [0.1, 0.15) is 0 Å². The molecule has 1 fully saturated rings. The molecule has 1 aromatic carbocycles. The molecule has 138 valence electrons. The molecule has 1 atom stereocenters. The summed E-state index contributed by atoms with van der Waals surface area (Å²) < 4.78 is 1.47. The van der Waals surface area contributed by atoms with Crippen molar-refractivity contribution in [3.8, 4) is 11.3 Å². The standard InChI is InChI=1S/C20H21N5O2/c1-11-8-9-25(11)19-21-15-5-3-4-13(15)17(22-19)12-6-7-14-16(10-12)24(2)20(27)23-18(14)26/h6-7,10-11H,3-5,8-9H2,1-2H3,(H,23,26,27)/t11-/m0/s1. The maximum absolute atomic E-state index is 12.1. The molecular formula is C20H21N5O2. The number of fused-ring (bicyclic) bond motifs is 2. The molecule has 0 bridgehead atoms. The number of aromatic nitrogens is 4. The van der Waals surface area contributed by atoms with Crippen LogP contribution < -0.4 is 16.1 Å². The minimum atomic E-state index is -0.410. The topological polar surface area (TPSA) is 83.9 Å². The molecule has 0 radical (unpaired) electrons. The van der Waals surface area contributed by atoms with Crippen molar-refractivity contribution in [2.45, 2.75) is 38.6 Å². The van der Waals surface area contributed by atoms with E-state index in [1.807, 2.05) is 12.1 Å². The number of nitrogens with zero attached hydrogens (tertiary/aromatic N) is 4. The highest BCUT2D eigenvalue weighted by Gasteiger charge is 2.29. The Kier molecular flexibility index (Phi) is 3.47. The van der Waals surface area contributed by atoms with E-state index >= 15 is 0 Å². The lowest BCUT2D eigenvalue weighted by molar-refractivity contribution is 0.470. The van der Waals surface area contributed by atoms with Gasteiger partial charge in [0.25, 0.3) is 5.56 Å². The van der Waals surface area contributed by atoms with E-state index in [0.29, 0.717) is 16.9 Å². The zero-order chi connectivity index (χ0) is 18.7.